The summed E-state index contributed by atoms with van der Waals surface area (Å²) in [6, 6.07) is 5.67. The number of halogens is 1. The molecular formula is C13H15FN2O3S. The monoisotopic (exact) mass is 298 g/mol. The molecule has 7 heteroatoms. The van der Waals surface area contributed by atoms with Crippen molar-refractivity contribution in [2.75, 3.05) is 12.3 Å². The molecule has 1 aromatic heterocycles. The van der Waals surface area contributed by atoms with Crippen molar-refractivity contribution in [1.82, 2.24) is 4.72 Å². The van der Waals surface area contributed by atoms with E-state index >= 15 is 0 Å². The first-order chi connectivity index (χ1) is 9.40. The van der Waals surface area contributed by atoms with Crippen molar-refractivity contribution in [2.45, 2.75) is 18.2 Å². The molecule has 0 saturated heterocycles. The van der Waals surface area contributed by atoms with Crippen molar-refractivity contribution in [3.63, 3.8) is 0 Å². The molecule has 0 bridgehead atoms. The summed E-state index contributed by atoms with van der Waals surface area (Å²) < 4.78 is 45.0. The summed E-state index contributed by atoms with van der Waals surface area (Å²) in [5.74, 6) is 0.0266. The van der Waals surface area contributed by atoms with Crippen LogP contribution in [0, 0.1) is 12.7 Å². The first-order valence-electron chi connectivity index (χ1n) is 5.98. The van der Waals surface area contributed by atoms with Crippen LogP contribution >= 0.6 is 0 Å². The highest BCUT2D eigenvalue weighted by molar-refractivity contribution is 7.89. The number of nitrogens with two attached hydrogens (primary N) is 1. The van der Waals surface area contributed by atoms with Gasteiger partial charge in [-0.25, -0.2) is 17.5 Å². The van der Waals surface area contributed by atoms with Crippen LogP contribution in [-0.4, -0.2) is 15.0 Å². The van der Waals surface area contributed by atoms with Gasteiger partial charge in [0.25, 0.3) is 0 Å². The molecule has 0 amide bonds. The van der Waals surface area contributed by atoms with Gasteiger partial charge in [-0.1, -0.05) is 0 Å². The lowest BCUT2D eigenvalue weighted by atomic mass is 10.2. The van der Waals surface area contributed by atoms with Gasteiger partial charge in [-0.3, -0.25) is 0 Å². The number of furan rings is 1. The normalized spacial score (nSPS) is 11.7. The summed E-state index contributed by atoms with van der Waals surface area (Å²) in [4.78, 5) is -0.183. The molecule has 108 valence electrons. The standard InChI is InChI=1S/C13H15FN2O3S/c1-9-12(14)7-11(8-13(9)15)20(17,18)16-5-4-10-3-2-6-19-10/h2-3,6-8,16H,4-5,15H2,1H3. The maximum atomic E-state index is 13.5. The van der Waals surface area contributed by atoms with Gasteiger partial charge < -0.3 is 10.2 Å². The van der Waals surface area contributed by atoms with E-state index in [1.165, 1.54) is 19.3 Å². The van der Waals surface area contributed by atoms with E-state index < -0.39 is 15.8 Å². The van der Waals surface area contributed by atoms with Gasteiger partial charge in [-0.15, -0.1) is 0 Å². The topological polar surface area (TPSA) is 85.3 Å². The second kappa shape index (κ2) is 5.64. The van der Waals surface area contributed by atoms with Crippen LogP contribution in [0.25, 0.3) is 0 Å². The minimum absolute atomic E-state index is 0.108. The van der Waals surface area contributed by atoms with Gasteiger partial charge in [0, 0.05) is 24.2 Å². The van der Waals surface area contributed by atoms with Gasteiger partial charge in [-0.05, 0) is 31.2 Å². The molecule has 2 rings (SSSR count). The van der Waals surface area contributed by atoms with Crippen LogP contribution in [0.2, 0.25) is 0 Å². The fraction of sp³-hybridized carbons (Fsp3) is 0.231. The van der Waals surface area contributed by atoms with Crippen LogP contribution in [-0.2, 0) is 16.4 Å². The highest BCUT2D eigenvalue weighted by atomic mass is 32.2. The molecule has 20 heavy (non-hydrogen) atoms. The Morgan fingerprint density at radius 3 is 2.75 bits per heavy atom. The average Bonchev–Trinajstić information content (AvgIpc) is 2.88. The zero-order chi connectivity index (χ0) is 14.8. The second-order valence-electron chi connectivity index (χ2n) is 4.35. The maximum absolute atomic E-state index is 13.5. The summed E-state index contributed by atoms with van der Waals surface area (Å²) in [5.41, 5.74) is 5.92. The number of sulfonamides is 1. The third-order valence-electron chi connectivity index (χ3n) is 2.91. The summed E-state index contributed by atoms with van der Waals surface area (Å²) in [5, 5.41) is 0. The Balaban J connectivity index is 2.10. The van der Waals surface area contributed by atoms with E-state index in [2.05, 4.69) is 4.72 Å². The van der Waals surface area contributed by atoms with Crippen molar-refractivity contribution in [2.24, 2.45) is 0 Å². The molecule has 1 aromatic carbocycles. The smallest absolute Gasteiger partial charge is 0.240 e. The summed E-state index contributed by atoms with van der Waals surface area (Å²) in [6.07, 6.45) is 1.93. The highest BCUT2D eigenvalue weighted by Gasteiger charge is 2.17. The largest absolute Gasteiger partial charge is 0.469 e. The molecule has 0 atom stereocenters. The highest BCUT2D eigenvalue weighted by Crippen LogP contribution is 2.20. The SMILES string of the molecule is Cc1c(N)cc(S(=O)(=O)NCCc2ccco2)cc1F. The van der Waals surface area contributed by atoms with Crippen molar-refractivity contribution in [3.05, 3.63) is 47.7 Å². The molecule has 0 unspecified atom stereocenters. The quantitative estimate of drug-likeness (QED) is 0.825. The molecule has 0 aliphatic carbocycles. The Hall–Kier alpha value is -1.86. The number of anilines is 1. The van der Waals surface area contributed by atoms with Gasteiger partial charge in [0.1, 0.15) is 11.6 Å². The average molecular weight is 298 g/mol. The number of nitrogen functional groups attached to an aromatic ring is 1. The van der Waals surface area contributed by atoms with E-state index in [1.54, 1.807) is 12.1 Å². The van der Waals surface area contributed by atoms with Crippen LogP contribution in [0.5, 0.6) is 0 Å². The third kappa shape index (κ3) is 3.17. The number of hydrogen-bond acceptors (Lipinski definition) is 4. The minimum atomic E-state index is -3.79. The van der Waals surface area contributed by atoms with E-state index in [4.69, 9.17) is 10.2 Å². The molecule has 5 nitrogen and oxygen atoms in total. The lowest BCUT2D eigenvalue weighted by Gasteiger charge is -2.09. The van der Waals surface area contributed by atoms with Crippen molar-refractivity contribution >= 4 is 15.7 Å². The first-order valence-corrected chi connectivity index (χ1v) is 7.46. The van der Waals surface area contributed by atoms with E-state index in [9.17, 15) is 12.8 Å². The number of nitrogens with one attached hydrogen (secondary N) is 1. The van der Waals surface area contributed by atoms with E-state index in [-0.39, 0.29) is 22.7 Å². The minimum Gasteiger partial charge on any atom is -0.469 e. The van der Waals surface area contributed by atoms with Crippen molar-refractivity contribution < 1.29 is 17.2 Å². The molecule has 1 heterocycles. The maximum Gasteiger partial charge on any atom is 0.240 e. The molecular weight excluding hydrogens is 283 g/mol. The molecule has 0 saturated carbocycles. The van der Waals surface area contributed by atoms with Crippen LogP contribution in [0.1, 0.15) is 11.3 Å². The molecule has 0 fully saturated rings. The molecule has 3 N–H and O–H groups in total. The Labute approximate surface area is 116 Å². The number of benzene rings is 1. The summed E-state index contributed by atoms with van der Waals surface area (Å²) in [6.45, 7) is 1.65. The zero-order valence-electron chi connectivity index (χ0n) is 10.9. The zero-order valence-corrected chi connectivity index (χ0v) is 11.7. The first kappa shape index (κ1) is 14.5. The molecule has 2 aromatic rings. The lowest BCUT2D eigenvalue weighted by Crippen LogP contribution is -2.26. The lowest BCUT2D eigenvalue weighted by molar-refractivity contribution is 0.505. The van der Waals surface area contributed by atoms with E-state index in [1.807, 2.05) is 0 Å². The molecule has 0 aliphatic heterocycles. The van der Waals surface area contributed by atoms with Crippen molar-refractivity contribution in [3.8, 4) is 0 Å². The van der Waals surface area contributed by atoms with Crippen LogP contribution < -0.4 is 10.5 Å². The Morgan fingerprint density at radius 1 is 1.40 bits per heavy atom. The van der Waals surface area contributed by atoms with Gasteiger partial charge in [0.2, 0.25) is 10.0 Å². The van der Waals surface area contributed by atoms with Crippen LogP contribution in [0.15, 0.2) is 39.8 Å². The second-order valence-corrected chi connectivity index (χ2v) is 6.11. The van der Waals surface area contributed by atoms with Crippen LogP contribution in [0.3, 0.4) is 0 Å². The predicted octanol–water partition coefficient (Wildman–Crippen LogP) is 1.83. The van der Waals surface area contributed by atoms with E-state index in [0.29, 0.717) is 12.2 Å². The van der Waals surface area contributed by atoms with Crippen LogP contribution in [0.4, 0.5) is 10.1 Å². The fourth-order valence-electron chi connectivity index (χ4n) is 1.68. The number of rotatable bonds is 5. The Bertz CT molecular complexity index is 673. The third-order valence-corrected chi connectivity index (χ3v) is 4.35. The number of hydrogen-bond donors (Lipinski definition) is 2. The fourth-order valence-corrected chi connectivity index (χ4v) is 2.75. The van der Waals surface area contributed by atoms with Gasteiger partial charge in [0.15, 0.2) is 0 Å². The predicted molar refractivity (Wildman–Crippen MR) is 73.1 cm³/mol. The van der Waals surface area contributed by atoms with Crippen molar-refractivity contribution in [1.29, 1.82) is 0 Å². The summed E-state index contributed by atoms with van der Waals surface area (Å²) in [7, 11) is -3.79. The molecule has 0 aliphatic rings. The summed E-state index contributed by atoms with van der Waals surface area (Å²) >= 11 is 0. The van der Waals surface area contributed by atoms with Gasteiger partial charge >= 0.3 is 0 Å². The van der Waals surface area contributed by atoms with Gasteiger partial charge in [0.05, 0.1) is 11.2 Å². The molecule has 0 spiro atoms. The van der Waals surface area contributed by atoms with Gasteiger partial charge in [-0.2, -0.15) is 0 Å². The Kier molecular flexibility index (Phi) is 4.10. The Morgan fingerprint density at radius 2 is 2.15 bits per heavy atom. The van der Waals surface area contributed by atoms with E-state index in [0.717, 1.165) is 6.07 Å². The molecule has 0 radical (unpaired) electrons.